The van der Waals surface area contributed by atoms with Crippen molar-refractivity contribution in [3.63, 3.8) is 0 Å². The molecule has 7 nitrogen and oxygen atoms in total. The van der Waals surface area contributed by atoms with Crippen molar-refractivity contribution >= 4 is 5.91 Å². The molecule has 0 spiro atoms. The van der Waals surface area contributed by atoms with Crippen LogP contribution in [0.4, 0.5) is 0 Å². The van der Waals surface area contributed by atoms with E-state index in [2.05, 4.69) is 17.0 Å². The van der Waals surface area contributed by atoms with E-state index in [-0.39, 0.29) is 5.91 Å². The summed E-state index contributed by atoms with van der Waals surface area (Å²) in [6.07, 6.45) is 3.49. The summed E-state index contributed by atoms with van der Waals surface area (Å²) >= 11 is 0. The number of methoxy groups -OCH3 is 2. The Morgan fingerprint density at radius 2 is 1.90 bits per heavy atom. The average molecular weight is 393 g/mol. The zero-order chi connectivity index (χ0) is 20.6. The first-order chi connectivity index (χ1) is 14.1. The summed E-state index contributed by atoms with van der Waals surface area (Å²) in [4.78, 5) is 12.5. The second-order valence-electron chi connectivity index (χ2n) is 6.10. The zero-order valence-corrected chi connectivity index (χ0v) is 16.4. The van der Waals surface area contributed by atoms with Gasteiger partial charge in [-0.3, -0.25) is 4.79 Å². The maximum atomic E-state index is 12.5. The molecule has 150 valence electrons. The van der Waals surface area contributed by atoms with Gasteiger partial charge in [0, 0.05) is 11.8 Å². The fourth-order valence-electron chi connectivity index (χ4n) is 2.68. The maximum Gasteiger partial charge on any atom is 0.251 e. The molecule has 1 heterocycles. The second kappa shape index (κ2) is 9.45. The molecule has 3 rings (SSSR count). The molecule has 0 aliphatic carbocycles. The predicted octanol–water partition coefficient (Wildman–Crippen LogP) is 3.38. The molecule has 0 aliphatic rings. The maximum absolute atomic E-state index is 12.5. The van der Waals surface area contributed by atoms with Gasteiger partial charge in [-0.1, -0.05) is 12.7 Å². The number of benzene rings is 2. The highest BCUT2D eigenvalue weighted by Gasteiger charge is 2.12. The Labute approximate surface area is 169 Å². The van der Waals surface area contributed by atoms with Crippen LogP contribution in [-0.2, 0) is 6.54 Å². The van der Waals surface area contributed by atoms with Crippen molar-refractivity contribution < 1.29 is 19.0 Å². The number of amides is 1. The van der Waals surface area contributed by atoms with Gasteiger partial charge in [0.25, 0.3) is 5.91 Å². The van der Waals surface area contributed by atoms with Gasteiger partial charge in [0.15, 0.2) is 11.5 Å². The van der Waals surface area contributed by atoms with E-state index in [9.17, 15) is 4.79 Å². The van der Waals surface area contributed by atoms with Crippen LogP contribution in [0.3, 0.4) is 0 Å². The lowest BCUT2D eigenvalue weighted by atomic mass is 10.2. The molecule has 3 aromatic rings. The lowest BCUT2D eigenvalue weighted by Gasteiger charge is -2.11. The molecule has 0 radical (unpaired) electrons. The van der Waals surface area contributed by atoms with Gasteiger partial charge < -0.3 is 19.5 Å². The fraction of sp³-hybridized carbons (Fsp3) is 0.182. The molecule has 0 unspecified atom stereocenters. The standard InChI is InChI=1S/C22H23N3O4/c1-4-13-29-20-10-5-16(14-21(20)28-3)22(26)23-15-17-11-12-25(24-17)18-6-8-19(27-2)9-7-18/h4-12,14H,1,13,15H2,2-3H3,(H,23,26). The van der Waals surface area contributed by atoms with Crippen molar-refractivity contribution in [1.29, 1.82) is 0 Å². The summed E-state index contributed by atoms with van der Waals surface area (Å²) in [5, 5.41) is 7.36. The van der Waals surface area contributed by atoms with E-state index >= 15 is 0 Å². The third-order valence-electron chi connectivity index (χ3n) is 4.19. The van der Waals surface area contributed by atoms with Crippen LogP contribution in [0.25, 0.3) is 5.69 Å². The molecule has 1 aromatic heterocycles. The Balaban J connectivity index is 1.63. The van der Waals surface area contributed by atoms with E-state index in [4.69, 9.17) is 14.2 Å². The number of carbonyl (C=O) groups excluding carboxylic acids is 1. The zero-order valence-electron chi connectivity index (χ0n) is 16.4. The molecule has 1 N–H and O–H groups in total. The molecule has 0 saturated heterocycles. The second-order valence-corrected chi connectivity index (χ2v) is 6.10. The summed E-state index contributed by atoms with van der Waals surface area (Å²) in [5.41, 5.74) is 2.12. The van der Waals surface area contributed by atoms with E-state index in [1.54, 1.807) is 36.1 Å². The fourth-order valence-corrected chi connectivity index (χ4v) is 2.68. The van der Waals surface area contributed by atoms with Crippen molar-refractivity contribution in [2.75, 3.05) is 20.8 Å². The summed E-state index contributed by atoms with van der Waals surface area (Å²) < 4.78 is 17.7. The van der Waals surface area contributed by atoms with Crippen molar-refractivity contribution in [3.8, 4) is 22.9 Å². The van der Waals surface area contributed by atoms with Gasteiger partial charge >= 0.3 is 0 Å². The number of rotatable bonds is 9. The Hall–Kier alpha value is -3.74. The van der Waals surface area contributed by atoms with Crippen LogP contribution < -0.4 is 19.5 Å². The van der Waals surface area contributed by atoms with Gasteiger partial charge in [-0.2, -0.15) is 5.10 Å². The van der Waals surface area contributed by atoms with Gasteiger partial charge in [-0.25, -0.2) is 4.68 Å². The van der Waals surface area contributed by atoms with Crippen LogP contribution in [-0.4, -0.2) is 36.5 Å². The van der Waals surface area contributed by atoms with E-state index in [0.29, 0.717) is 30.2 Å². The van der Waals surface area contributed by atoms with Crippen LogP contribution in [0.5, 0.6) is 17.2 Å². The van der Waals surface area contributed by atoms with Crippen molar-refractivity contribution in [3.05, 3.63) is 78.6 Å². The monoisotopic (exact) mass is 393 g/mol. The first-order valence-corrected chi connectivity index (χ1v) is 9.03. The third-order valence-corrected chi connectivity index (χ3v) is 4.19. The summed E-state index contributed by atoms with van der Waals surface area (Å²) in [6, 6.07) is 14.5. The van der Waals surface area contributed by atoms with Gasteiger partial charge in [-0.05, 0) is 48.5 Å². The average Bonchev–Trinajstić information content (AvgIpc) is 3.25. The number of hydrogen-bond acceptors (Lipinski definition) is 5. The lowest BCUT2D eigenvalue weighted by Crippen LogP contribution is -2.23. The minimum absolute atomic E-state index is 0.224. The third kappa shape index (κ3) is 4.95. The topological polar surface area (TPSA) is 74.6 Å². The largest absolute Gasteiger partial charge is 0.497 e. The molecular weight excluding hydrogens is 370 g/mol. The molecular formula is C22H23N3O4. The lowest BCUT2D eigenvalue weighted by molar-refractivity contribution is 0.0950. The first-order valence-electron chi connectivity index (χ1n) is 9.03. The van der Waals surface area contributed by atoms with Gasteiger partial charge in [0.05, 0.1) is 32.1 Å². The Bertz CT molecular complexity index is 980. The summed E-state index contributed by atoms with van der Waals surface area (Å²) in [6.45, 7) is 4.28. The normalized spacial score (nSPS) is 10.3. The number of carbonyl (C=O) groups is 1. The molecule has 29 heavy (non-hydrogen) atoms. The van der Waals surface area contributed by atoms with E-state index in [1.807, 2.05) is 36.5 Å². The molecule has 1 amide bonds. The number of hydrogen-bond donors (Lipinski definition) is 1. The van der Waals surface area contributed by atoms with Crippen LogP contribution in [0.15, 0.2) is 67.4 Å². The molecule has 0 saturated carbocycles. The van der Waals surface area contributed by atoms with Crippen molar-refractivity contribution in [1.82, 2.24) is 15.1 Å². The Morgan fingerprint density at radius 3 is 2.59 bits per heavy atom. The predicted molar refractivity (Wildman–Crippen MR) is 110 cm³/mol. The Kier molecular flexibility index (Phi) is 6.52. The van der Waals surface area contributed by atoms with Crippen molar-refractivity contribution in [2.45, 2.75) is 6.54 Å². The number of nitrogens with one attached hydrogen (secondary N) is 1. The number of aromatic nitrogens is 2. The van der Waals surface area contributed by atoms with E-state index in [0.717, 1.165) is 17.1 Å². The van der Waals surface area contributed by atoms with Crippen LogP contribution in [0.2, 0.25) is 0 Å². The minimum Gasteiger partial charge on any atom is -0.497 e. The van der Waals surface area contributed by atoms with Crippen LogP contribution in [0.1, 0.15) is 16.1 Å². The van der Waals surface area contributed by atoms with Crippen LogP contribution >= 0.6 is 0 Å². The number of nitrogens with zero attached hydrogens (tertiary/aromatic N) is 2. The highest BCUT2D eigenvalue weighted by molar-refractivity contribution is 5.94. The van der Waals surface area contributed by atoms with Gasteiger partial charge in [-0.15, -0.1) is 0 Å². The number of ether oxygens (including phenoxy) is 3. The highest BCUT2D eigenvalue weighted by Crippen LogP contribution is 2.28. The molecule has 0 fully saturated rings. The molecule has 2 aromatic carbocycles. The smallest absolute Gasteiger partial charge is 0.251 e. The van der Waals surface area contributed by atoms with Crippen molar-refractivity contribution in [2.24, 2.45) is 0 Å². The SMILES string of the molecule is C=CCOc1ccc(C(=O)NCc2ccn(-c3ccc(OC)cc3)n2)cc1OC. The van der Waals surface area contributed by atoms with Gasteiger partial charge in [0.2, 0.25) is 0 Å². The summed E-state index contributed by atoms with van der Waals surface area (Å²) in [7, 11) is 3.16. The molecule has 0 aliphatic heterocycles. The highest BCUT2D eigenvalue weighted by atomic mass is 16.5. The van der Waals surface area contributed by atoms with Crippen LogP contribution in [0, 0.1) is 0 Å². The quantitative estimate of drug-likeness (QED) is 0.564. The van der Waals surface area contributed by atoms with E-state index in [1.165, 1.54) is 7.11 Å². The first kappa shape index (κ1) is 20.0. The molecule has 0 atom stereocenters. The minimum atomic E-state index is -0.224. The summed E-state index contributed by atoms with van der Waals surface area (Å²) in [5.74, 6) is 1.60. The Morgan fingerprint density at radius 1 is 1.10 bits per heavy atom. The molecule has 7 heteroatoms. The van der Waals surface area contributed by atoms with E-state index < -0.39 is 0 Å². The molecule has 0 bridgehead atoms. The van der Waals surface area contributed by atoms with Gasteiger partial charge in [0.1, 0.15) is 12.4 Å².